The van der Waals surface area contributed by atoms with Crippen LogP contribution in [-0.4, -0.2) is 5.91 Å². The third-order valence-electron chi connectivity index (χ3n) is 4.09. The van der Waals surface area contributed by atoms with Gasteiger partial charge in [0.1, 0.15) is 0 Å². The maximum Gasteiger partial charge on any atom is 0.221 e. The first kappa shape index (κ1) is 13.2. The van der Waals surface area contributed by atoms with Crippen LogP contribution in [0.25, 0.3) is 0 Å². The van der Waals surface area contributed by atoms with E-state index < -0.39 is 0 Å². The molecule has 1 heterocycles. The van der Waals surface area contributed by atoms with E-state index in [1.54, 1.807) is 0 Å². The van der Waals surface area contributed by atoms with Gasteiger partial charge in [0.25, 0.3) is 0 Å². The fourth-order valence-electron chi connectivity index (χ4n) is 3.02. The first-order valence-electron chi connectivity index (χ1n) is 6.70. The zero-order valence-corrected chi connectivity index (χ0v) is 12.0. The van der Waals surface area contributed by atoms with Gasteiger partial charge in [0.05, 0.1) is 6.04 Å². The molecular formula is C17H16ClNO. The SMILES string of the molecule is CC1(c2cccc(Cl)c2)CC(=O)NC1c1ccccc1. The van der Waals surface area contributed by atoms with Gasteiger partial charge in [-0.05, 0) is 23.3 Å². The monoisotopic (exact) mass is 285 g/mol. The highest BCUT2D eigenvalue weighted by atomic mass is 35.5. The Balaban J connectivity index is 2.07. The largest absolute Gasteiger partial charge is 0.348 e. The second-order valence-electron chi connectivity index (χ2n) is 5.52. The first-order valence-corrected chi connectivity index (χ1v) is 7.08. The van der Waals surface area contributed by atoms with Crippen LogP contribution in [0.4, 0.5) is 0 Å². The Labute approximate surface area is 123 Å². The van der Waals surface area contributed by atoms with Crippen molar-refractivity contribution in [1.82, 2.24) is 5.32 Å². The number of carbonyl (C=O) groups excluding carboxylic acids is 1. The molecule has 1 amide bonds. The average molecular weight is 286 g/mol. The van der Waals surface area contributed by atoms with Crippen LogP contribution in [0.1, 0.15) is 30.5 Å². The summed E-state index contributed by atoms with van der Waals surface area (Å²) in [4.78, 5) is 12.0. The van der Waals surface area contributed by atoms with Gasteiger partial charge in [-0.25, -0.2) is 0 Å². The number of halogens is 1. The smallest absolute Gasteiger partial charge is 0.221 e. The summed E-state index contributed by atoms with van der Waals surface area (Å²) in [5.74, 6) is 0.0846. The fraction of sp³-hybridized carbons (Fsp3) is 0.235. The van der Waals surface area contributed by atoms with Crippen molar-refractivity contribution in [3.05, 3.63) is 70.7 Å². The summed E-state index contributed by atoms with van der Waals surface area (Å²) in [5.41, 5.74) is 1.95. The Morgan fingerprint density at radius 1 is 1.15 bits per heavy atom. The van der Waals surface area contributed by atoms with Crippen molar-refractivity contribution in [3.8, 4) is 0 Å². The molecule has 1 saturated heterocycles. The Kier molecular flexibility index (Phi) is 3.27. The topological polar surface area (TPSA) is 29.1 Å². The number of nitrogens with one attached hydrogen (secondary N) is 1. The molecule has 2 aromatic carbocycles. The third-order valence-corrected chi connectivity index (χ3v) is 4.32. The van der Waals surface area contributed by atoms with Crippen LogP contribution in [0.2, 0.25) is 5.02 Å². The Hall–Kier alpha value is -1.80. The van der Waals surface area contributed by atoms with E-state index in [9.17, 15) is 4.79 Å². The van der Waals surface area contributed by atoms with E-state index in [0.717, 1.165) is 11.1 Å². The molecule has 20 heavy (non-hydrogen) atoms. The molecule has 1 aliphatic heterocycles. The quantitative estimate of drug-likeness (QED) is 0.892. The summed E-state index contributed by atoms with van der Waals surface area (Å²) >= 11 is 6.11. The highest BCUT2D eigenvalue weighted by molar-refractivity contribution is 6.30. The fourth-order valence-corrected chi connectivity index (χ4v) is 3.21. The van der Waals surface area contributed by atoms with E-state index in [-0.39, 0.29) is 17.4 Å². The average Bonchev–Trinajstić information content (AvgIpc) is 2.76. The van der Waals surface area contributed by atoms with Crippen molar-refractivity contribution in [2.24, 2.45) is 0 Å². The van der Waals surface area contributed by atoms with E-state index in [0.29, 0.717) is 11.4 Å². The zero-order valence-electron chi connectivity index (χ0n) is 11.3. The van der Waals surface area contributed by atoms with Gasteiger partial charge in [-0.15, -0.1) is 0 Å². The summed E-state index contributed by atoms with van der Waals surface area (Å²) in [6.07, 6.45) is 0.479. The predicted octanol–water partition coefficient (Wildman–Crippen LogP) is 3.86. The molecule has 3 heteroatoms. The number of benzene rings is 2. The minimum Gasteiger partial charge on any atom is -0.348 e. The second-order valence-corrected chi connectivity index (χ2v) is 5.95. The molecule has 2 atom stereocenters. The number of carbonyl (C=O) groups is 1. The highest BCUT2D eigenvalue weighted by Gasteiger charge is 2.45. The predicted molar refractivity (Wildman–Crippen MR) is 80.7 cm³/mol. The van der Waals surface area contributed by atoms with Crippen LogP contribution in [0.5, 0.6) is 0 Å². The number of hydrogen-bond donors (Lipinski definition) is 1. The van der Waals surface area contributed by atoms with Gasteiger partial charge in [0.2, 0.25) is 5.91 Å². The van der Waals surface area contributed by atoms with Crippen molar-refractivity contribution in [1.29, 1.82) is 0 Å². The van der Waals surface area contributed by atoms with Crippen molar-refractivity contribution in [2.75, 3.05) is 0 Å². The molecule has 102 valence electrons. The minimum absolute atomic E-state index is 0.0188. The highest BCUT2D eigenvalue weighted by Crippen LogP contribution is 2.44. The molecule has 1 N–H and O–H groups in total. The van der Waals surface area contributed by atoms with Crippen LogP contribution in [0.3, 0.4) is 0 Å². The Morgan fingerprint density at radius 2 is 1.90 bits per heavy atom. The van der Waals surface area contributed by atoms with Crippen molar-refractivity contribution in [2.45, 2.75) is 24.8 Å². The minimum atomic E-state index is -0.274. The van der Waals surface area contributed by atoms with Gasteiger partial charge >= 0.3 is 0 Å². The summed E-state index contributed by atoms with van der Waals surface area (Å²) in [6.45, 7) is 2.12. The lowest BCUT2D eigenvalue weighted by molar-refractivity contribution is -0.119. The van der Waals surface area contributed by atoms with Crippen LogP contribution in [0.15, 0.2) is 54.6 Å². The van der Waals surface area contributed by atoms with Gasteiger partial charge in [0, 0.05) is 16.9 Å². The van der Waals surface area contributed by atoms with Gasteiger partial charge in [0.15, 0.2) is 0 Å². The van der Waals surface area contributed by atoms with E-state index in [2.05, 4.69) is 24.4 Å². The molecule has 1 aliphatic rings. The van der Waals surface area contributed by atoms with Crippen LogP contribution in [-0.2, 0) is 10.2 Å². The number of rotatable bonds is 2. The summed E-state index contributed by atoms with van der Waals surface area (Å²) < 4.78 is 0. The van der Waals surface area contributed by atoms with Crippen LogP contribution in [0, 0.1) is 0 Å². The molecule has 2 unspecified atom stereocenters. The molecule has 0 spiro atoms. The Bertz CT molecular complexity index is 640. The molecule has 0 radical (unpaired) electrons. The zero-order chi connectivity index (χ0) is 14.2. The normalized spacial score (nSPS) is 25.5. The third kappa shape index (κ3) is 2.20. The lowest BCUT2D eigenvalue weighted by atomic mass is 9.74. The molecule has 0 aromatic heterocycles. The lowest BCUT2D eigenvalue weighted by Crippen LogP contribution is -2.30. The van der Waals surface area contributed by atoms with E-state index in [1.165, 1.54) is 0 Å². The first-order chi connectivity index (χ1) is 9.59. The molecule has 3 rings (SSSR count). The van der Waals surface area contributed by atoms with E-state index in [1.807, 2.05) is 42.5 Å². The number of hydrogen-bond acceptors (Lipinski definition) is 1. The number of amides is 1. The molecular weight excluding hydrogens is 270 g/mol. The molecule has 0 bridgehead atoms. The maximum atomic E-state index is 12.0. The van der Waals surface area contributed by atoms with Crippen molar-refractivity contribution < 1.29 is 4.79 Å². The molecule has 2 aromatic rings. The van der Waals surface area contributed by atoms with E-state index >= 15 is 0 Å². The molecule has 0 saturated carbocycles. The second kappa shape index (κ2) is 4.95. The summed E-state index contributed by atoms with van der Waals surface area (Å²) in [6, 6.07) is 17.9. The molecule has 2 nitrogen and oxygen atoms in total. The summed E-state index contributed by atoms with van der Waals surface area (Å²) in [7, 11) is 0. The van der Waals surface area contributed by atoms with Crippen LogP contribution >= 0.6 is 11.6 Å². The van der Waals surface area contributed by atoms with Crippen LogP contribution < -0.4 is 5.32 Å². The lowest BCUT2D eigenvalue weighted by Gasteiger charge is -2.31. The van der Waals surface area contributed by atoms with Crippen molar-refractivity contribution >= 4 is 17.5 Å². The maximum absolute atomic E-state index is 12.0. The Morgan fingerprint density at radius 3 is 2.60 bits per heavy atom. The van der Waals surface area contributed by atoms with Gasteiger partial charge in [-0.3, -0.25) is 4.79 Å². The van der Waals surface area contributed by atoms with Gasteiger partial charge < -0.3 is 5.32 Å². The molecule has 1 fully saturated rings. The van der Waals surface area contributed by atoms with Gasteiger partial charge in [-0.1, -0.05) is 61.0 Å². The standard InChI is InChI=1S/C17H16ClNO/c1-17(13-8-5-9-14(18)10-13)11-15(20)19-16(17)12-6-3-2-4-7-12/h2-10,16H,11H2,1H3,(H,19,20). The van der Waals surface area contributed by atoms with Gasteiger partial charge in [-0.2, -0.15) is 0 Å². The molecule has 0 aliphatic carbocycles. The summed E-state index contributed by atoms with van der Waals surface area (Å²) in [5, 5.41) is 3.80. The van der Waals surface area contributed by atoms with Crippen molar-refractivity contribution in [3.63, 3.8) is 0 Å². The van der Waals surface area contributed by atoms with E-state index in [4.69, 9.17) is 11.6 Å².